The Morgan fingerprint density at radius 3 is 2.41 bits per heavy atom. The minimum absolute atomic E-state index is 0.557. The van der Waals surface area contributed by atoms with Crippen LogP contribution in [-0.2, 0) is 15.1 Å². The first-order valence-electron chi connectivity index (χ1n) is 9.08. The summed E-state index contributed by atoms with van der Waals surface area (Å²) in [5.41, 5.74) is 1.80. The minimum Gasteiger partial charge on any atom is -0.319 e. The van der Waals surface area contributed by atoms with Crippen LogP contribution in [0.4, 0.5) is 15.3 Å². The number of rotatable bonds is 4. The lowest BCUT2D eigenvalue weighted by atomic mass is 9.92. The highest BCUT2D eigenvalue weighted by Crippen LogP contribution is 2.28. The summed E-state index contributed by atoms with van der Waals surface area (Å²) in [6, 6.07) is 12.8. The monoisotopic (exact) mass is 394 g/mol. The Balaban J connectivity index is 1.63. The Bertz CT molecular complexity index is 989. The molecule has 150 valence electrons. The van der Waals surface area contributed by atoms with Gasteiger partial charge in [-0.05, 0) is 38.0 Å². The molecule has 0 saturated carbocycles. The fourth-order valence-corrected chi connectivity index (χ4v) is 3.22. The van der Waals surface area contributed by atoms with Gasteiger partial charge in [-0.25, -0.2) is 9.59 Å². The molecular formula is C21H22N4O4. The number of hydrogen-bond donors (Lipinski definition) is 3. The van der Waals surface area contributed by atoms with Crippen molar-refractivity contribution in [2.45, 2.75) is 26.3 Å². The van der Waals surface area contributed by atoms with Crippen LogP contribution in [0.1, 0.15) is 23.6 Å². The van der Waals surface area contributed by atoms with Gasteiger partial charge in [0.05, 0.1) is 0 Å². The number of aryl methyl sites for hydroxylation is 2. The van der Waals surface area contributed by atoms with E-state index in [1.165, 1.54) is 0 Å². The lowest BCUT2D eigenvalue weighted by Gasteiger charge is -2.22. The molecule has 8 heteroatoms. The molecule has 0 bridgehead atoms. The van der Waals surface area contributed by atoms with E-state index in [0.717, 1.165) is 16.0 Å². The first kappa shape index (κ1) is 20.1. The molecule has 0 spiro atoms. The second-order valence-electron chi connectivity index (χ2n) is 7.13. The normalized spacial score (nSPS) is 18.4. The fourth-order valence-electron chi connectivity index (χ4n) is 3.22. The third-order valence-corrected chi connectivity index (χ3v) is 4.81. The molecule has 8 nitrogen and oxygen atoms in total. The van der Waals surface area contributed by atoms with E-state index in [1.54, 1.807) is 43.3 Å². The summed E-state index contributed by atoms with van der Waals surface area (Å²) >= 11 is 0. The number of anilines is 1. The summed E-state index contributed by atoms with van der Waals surface area (Å²) in [6.07, 6.45) is 0. The van der Waals surface area contributed by atoms with Gasteiger partial charge in [0.25, 0.3) is 5.91 Å². The summed E-state index contributed by atoms with van der Waals surface area (Å²) in [5.74, 6) is -1.33. The van der Waals surface area contributed by atoms with Crippen LogP contribution in [-0.4, -0.2) is 35.3 Å². The zero-order chi connectivity index (χ0) is 21.2. The van der Waals surface area contributed by atoms with E-state index >= 15 is 0 Å². The Morgan fingerprint density at radius 1 is 1.07 bits per heavy atom. The maximum Gasteiger partial charge on any atom is 0.325 e. The van der Waals surface area contributed by atoms with Crippen LogP contribution in [0.5, 0.6) is 0 Å². The van der Waals surface area contributed by atoms with Crippen LogP contribution in [0, 0.1) is 13.8 Å². The Kier molecular flexibility index (Phi) is 5.36. The van der Waals surface area contributed by atoms with Crippen molar-refractivity contribution in [1.82, 2.24) is 15.5 Å². The minimum atomic E-state index is -1.26. The third-order valence-electron chi connectivity index (χ3n) is 4.81. The number of amides is 6. The Morgan fingerprint density at radius 2 is 1.76 bits per heavy atom. The lowest BCUT2D eigenvalue weighted by molar-refractivity contribution is -0.134. The quantitative estimate of drug-likeness (QED) is 0.692. The van der Waals surface area contributed by atoms with Crippen molar-refractivity contribution < 1.29 is 19.2 Å². The van der Waals surface area contributed by atoms with Gasteiger partial charge in [0, 0.05) is 5.69 Å². The molecule has 29 heavy (non-hydrogen) atoms. The molecule has 3 N–H and O–H groups in total. The SMILES string of the molecule is Cc1ccc(NC(=O)NC(=O)CN2C(=O)N[C@](C)(c3ccccc3)C2=O)c(C)c1. The van der Waals surface area contributed by atoms with Crippen molar-refractivity contribution in [1.29, 1.82) is 0 Å². The number of imide groups is 2. The molecule has 1 atom stereocenters. The van der Waals surface area contributed by atoms with Crippen LogP contribution in [0.3, 0.4) is 0 Å². The molecule has 2 aromatic rings. The molecule has 1 saturated heterocycles. The Hall–Kier alpha value is -3.68. The summed E-state index contributed by atoms with van der Waals surface area (Å²) in [6.45, 7) is 4.78. The van der Waals surface area contributed by atoms with Gasteiger partial charge in [0.15, 0.2) is 0 Å². The Labute approximate surface area is 168 Å². The molecular weight excluding hydrogens is 372 g/mol. The van der Waals surface area contributed by atoms with Crippen LogP contribution in [0.25, 0.3) is 0 Å². The second-order valence-corrected chi connectivity index (χ2v) is 7.13. The standard InChI is InChI=1S/C21H22N4O4/c1-13-9-10-16(14(2)11-13)22-19(28)23-17(26)12-25-18(27)21(3,24-20(25)29)15-7-5-4-6-8-15/h4-11H,12H2,1-3H3,(H,24,29)(H2,22,23,26,28)/t21-/m1/s1. The van der Waals surface area contributed by atoms with Crippen molar-refractivity contribution >= 4 is 29.6 Å². The molecule has 1 aliphatic heterocycles. The number of benzene rings is 2. The predicted octanol–water partition coefficient (Wildman–Crippen LogP) is 2.42. The van der Waals surface area contributed by atoms with Crippen LogP contribution >= 0.6 is 0 Å². The summed E-state index contributed by atoms with van der Waals surface area (Å²) in [7, 11) is 0. The van der Waals surface area contributed by atoms with E-state index in [0.29, 0.717) is 11.3 Å². The molecule has 0 radical (unpaired) electrons. The first-order valence-corrected chi connectivity index (χ1v) is 9.08. The van der Waals surface area contributed by atoms with Crippen molar-refractivity contribution in [3.8, 4) is 0 Å². The van der Waals surface area contributed by atoms with E-state index in [9.17, 15) is 19.2 Å². The average molecular weight is 394 g/mol. The molecule has 1 fully saturated rings. The zero-order valence-corrected chi connectivity index (χ0v) is 16.4. The van der Waals surface area contributed by atoms with Gasteiger partial charge in [-0.1, -0.05) is 48.0 Å². The predicted molar refractivity (Wildman–Crippen MR) is 107 cm³/mol. The van der Waals surface area contributed by atoms with Gasteiger partial charge >= 0.3 is 12.1 Å². The van der Waals surface area contributed by atoms with Crippen LogP contribution in [0.2, 0.25) is 0 Å². The largest absolute Gasteiger partial charge is 0.325 e. The molecule has 1 heterocycles. The van der Waals surface area contributed by atoms with Crippen LogP contribution < -0.4 is 16.0 Å². The maximum absolute atomic E-state index is 12.8. The number of carbonyl (C=O) groups excluding carboxylic acids is 4. The molecule has 6 amide bonds. The second kappa shape index (κ2) is 7.75. The van der Waals surface area contributed by atoms with E-state index < -0.39 is 36.0 Å². The number of nitrogens with one attached hydrogen (secondary N) is 3. The highest BCUT2D eigenvalue weighted by Gasteiger charge is 2.49. The number of hydrogen-bond acceptors (Lipinski definition) is 4. The van der Waals surface area contributed by atoms with E-state index in [1.807, 2.05) is 26.0 Å². The number of nitrogens with zero attached hydrogens (tertiary/aromatic N) is 1. The van der Waals surface area contributed by atoms with Crippen molar-refractivity contribution in [2.75, 3.05) is 11.9 Å². The highest BCUT2D eigenvalue weighted by molar-refractivity contribution is 6.10. The van der Waals surface area contributed by atoms with Gasteiger partial charge in [-0.2, -0.15) is 0 Å². The topological polar surface area (TPSA) is 108 Å². The molecule has 0 unspecified atom stereocenters. The van der Waals surface area contributed by atoms with Crippen molar-refractivity contribution in [3.05, 3.63) is 65.2 Å². The molecule has 2 aromatic carbocycles. The smallest absolute Gasteiger partial charge is 0.319 e. The maximum atomic E-state index is 12.8. The van der Waals surface area contributed by atoms with Gasteiger partial charge in [0.2, 0.25) is 5.91 Å². The third kappa shape index (κ3) is 4.11. The molecule has 0 aliphatic carbocycles. The van der Waals surface area contributed by atoms with Crippen molar-refractivity contribution in [3.63, 3.8) is 0 Å². The van der Waals surface area contributed by atoms with Gasteiger partial charge in [0.1, 0.15) is 12.1 Å². The summed E-state index contributed by atoms with van der Waals surface area (Å²) in [4.78, 5) is 50.2. The lowest BCUT2D eigenvalue weighted by Crippen LogP contribution is -2.45. The van der Waals surface area contributed by atoms with Crippen LogP contribution in [0.15, 0.2) is 48.5 Å². The van der Waals surface area contributed by atoms with Gasteiger partial charge in [-0.15, -0.1) is 0 Å². The summed E-state index contributed by atoms with van der Waals surface area (Å²) in [5, 5.41) is 7.34. The van der Waals surface area contributed by atoms with Gasteiger partial charge in [-0.3, -0.25) is 19.8 Å². The van der Waals surface area contributed by atoms with E-state index in [4.69, 9.17) is 0 Å². The van der Waals surface area contributed by atoms with Gasteiger partial charge < -0.3 is 10.6 Å². The van der Waals surface area contributed by atoms with Crippen molar-refractivity contribution in [2.24, 2.45) is 0 Å². The number of carbonyl (C=O) groups is 4. The molecule has 3 rings (SSSR count). The number of urea groups is 2. The van der Waals surface area contributed by atoms with E-state index in [2.05, 4.69) is 16.0 Å². The first-order chi connectivity index (χ1) is 13.7. The molecule has 0 aromatic heterocycles. The van der Waals surface area contributed by atoms with E-state index in [-0.39, 0.29) is 0 Å². The summed E-state index contributed by atoms with van der Waals surface area (Å²) < 4.78 is 0. The molecule has 1 aliphatic rings. The highest BCUT2D eigenvalue weighted by atomic mass is 16.2. The average Bonchev–Trinajstić information content (AvgIpc) is 2.89. The zero-order valence-electron chi connectivity index (χ0n) is 16.4. The fraction of sp³-hybridized carbons (Fsp3) is 0.238.